The third kappa shape index (κ3) is 4.45. The molecule has 25 heavy (non-hydrogen) atoms. The lowest BCUT2D eigenvalue weighted by atomic mass is 10.1. The van der Waals surface area contributed by atoms with Gasteiger partial charge in [-0.3, -0.25) is 9.59 Å². The predicted octanol–water partition coefficient (Wildman–Crippen LogP) is 2.41. The number of benzene rings is 1. The Morgan fingerprint density at radius 1 is 1.24 bits per heavy atom. The van der Waals surface area contributed by atoms with E-state index in [2.05, 4.69) is 5.10 Å². The monoisotopic (exact) mass is 364 g/mol. The summed E-state index contributed by atoms with van der Waals surface area (Å²) in [5, 5.41) is 4.12. The zero-order valence-corrected chi connectivity index (χ0v) is 14.8. The number of ketones is 1. The topological polar surface area (TPSA) is 87.5 Å². The first-order valence-electron chi connectivity index (χ1n) is 7.46. The van der Waals surface area contributed by atoms with Crippen molar-refractivity contribution in [1.82, 2.24) is 9.78 Å². The number of carbonyl (C=O) groups excluding carboxylic acids is 2. The van der Waals surface area contributed by atoms with Crippen LogP contribution in [0.15, 0.2) is 29.1 Å². The van der Waals surface area contributed by atoms with Crippen LogP contribution in [-0.2, 0) is 11.3 Å². The Morgan fingerprint density at radius 2 is 1.96 bits per heavy atom. The SMILES string of the molecule is COc1c(C)ccc(Cl)c1C(=O)Oc1ccc(=O)n(CCC(C)=O)n1. The number of aryl methyl sites for hydroxylation is 2. The molecule has 0 fully saturated rings. The minimum atomic E-state index is -0.755. The number of carbonyl (C=O) groups is 2. The smallest absolute Gasteiger partial charge is 0.350 e. The number of methoxy groups -OCH3 is 1. The predicted molar refractivity (Wildman–Crippen MR) is 91.5 cm³/mol. The number of ether oxygens (including phenoxy) is 2. The second-order valence-corrected chi connectivity index (χ2v) is 5.75. The summed E-state index contributed by atoms with van der Waals surface area (Å²) in [6.07, 6.45) is 0.155. The number of nitrogens with zero attached hydrogens (tertiary/aromatic N) is 2. The lowest BCUT2D eigenvalue weighted by Gasteiger charge is -2.12. The van der Waals surface area contributed by atoms with Crippen molar-refractivity contribution in [2.24, 2.45) is 0 Å². The van der Waals surface area contributed by atoms with Crippen molar-refractivity contribution in [3.8, 4) is 11.6 Å². The first-order valence-corrected chi connectivity index (χ1v) is 7.84. The molecule has 8 heteroatoms. The van der Waals surface area contributed by atoms with Crippen molar-refractivity contribution >= 4 is 23.4 Å². The van der Waals surface area contributed by atoms with E-state index in [0.29, 0.717) is 5.75 Å². The lowest BCUT2D eigenvalue weighted by Crippen LogP contribution is -2.24. The van der Waals surface area contributed by atoms with E-state index in [9.17, 15) is 14.4 Å². The molecule has 0 aliphatic carbocycles. The average Bonchev–Trinajstić information content (AvgIpc) is 2.56. The summed E-state index contributed by atoms with van der Waals surface area (Å²) in [4.78, 5) is 35.3. The molecule has 1 aromatic carbocycles. The lowest BCUT2D eigenvalue weighted by molar-refractivity contribution is -0.117. The van der Waals surface area contributed by atoms with Crippen LogP contribution < -0.4 is 15.0 Å². The molecule has 0 spiro atoms. The first kappa shape index (κ1) is 18.7. The maximum Gasteiger partial charge on any atom is 0.350 e. The van der Waals surface area contributed by atoms with Crippen molar-refractivity contribution in [2.75, 3.05) is 7.11 Å². The van der Waals surface area contributed by atoms with Gasteiger partial charge in [0.1, 0.15) is 17.1 Å². The van der Waals surface area contributed by atoms with Gasteiger partial charge in [-0.2, -0.15) is 0 Å². The normalized spacial score (nSPS) is 10.4. The van der Waals surface area contributed by atoms with Gasteiger partial charge in [0.25, 0.3) is 5.56 Å². The highest BCUT2D eigenvalue weighted by Crippen LogP contribution is 2.30. The fourth-order valence-electron chi connectivity index (χ4n) is 2.17. The van der Waals surface area contributed by atoms with Gasteiger partial charge < -0.3 is 9.47 Å². The largest absolute Gasteiger partial charge is 0.496 e. The van der Waals surface area contributed by atoms with Gasteiger partial charge in [-0.25, -0.2) is 9.48 Å². The van der Waals surface area contributed by atoms with Crippen LogP contribution in [0.5, 0.6) is 11.6 Å². The number of halogens is 1. The summed E-state index contributed by atoms with van der Waals surface area (Å²) >= 11 is 6.09. The number of hydrogen-bond donors (Lipinski definition) is 0. The second-order valence-electron chi connectivity index (χ2n) is 5.35. The van der Waals surface area contributed by atoms with Crippen molar-refractivity contribution < 1.29 is 19.1 Å². The summed E-state index contributed by atoms with van der Waals surface area (Å²) < 4.78 is 11.5. The molecule has 2 rings (SSSR count). The van der Waals surface area contributed by atoms with Gasteiger partial charge in [0.2, 0.25) is 5.88 Å². The van der Waals surface area contributed by atoms with Crippen LogP contribution in [0.1, 0.15) is 29.3 Å². The Labute approximate surface area is 149 Å². The molecule has 0 saturated heterocycles. The van der Waals surface area contributed by atoms with Gasteiger partial charge >= 0.3 is 5.97 Å². The molecule has 1 aromatic heterocycles. The maximum atomic E-state index is 12.5. The number of rotatable bonds is 6. The molecule has 0 radical (unpaired) electrons. The van der Waals surface area contributed by atoms with Gasteiger partial charge in [0.05, 0.1) is 18.7 Å². The van der Waals surface area contributed by atoms with E-state index in [1.54, 1.807) is 19.1 Å². The van der Waals surface area contributed by atoms with Crippen molar-refractivity contribution in [3.05, 3.63) is 50.8 Å². The maximum absolute atomic E-state index is 12.5. The molecule has 0 N–H and O–H groups in total. The summed E-state index contributed by atoms with van der Waals surface area (Å²) in [6.45, 7) is 3.29. The highest BCUT2D eigenvalue weighted by atomic mass is 35.5. The van der Waals surface area contributed by atoms with Gasteiger partial charge in [-0.05, 0) is 25.5 Å². The Bertz CT molecular complexity index is 876. The van der Waals surface area contributed by atoms with Crippen LogP contribution in [0, 0.1) is 6.92 Å². The van der Waals surface area contributed by atoms with E-state index < -0.39 is 11.5 Å². The Hall–Kier alpha value is -2.67. The minimum absolute atomic E-state index is 0.0761. The van der Waals surface area contributed by atoms with Crippen LogP contribution in [0.4, 0.5) is 0 Å². The fourth-order valence-corrected chi connectivity index (χ4v) is 2.40. The minimum Gasteiger partial charge on any atom is -0.496 e. The van der Waals surface area contributed by atoms with Gasteiger partial charge in [0.15, 0.2) is 0 Å². The van der Waals surface area contributed by atoms with Crippen LogP contribution >= 0.6 is 11.6 Å². The quantitative estimate of drug-likeness (QED) is 0.731. The van der Waals surface area contributed by atoms with Crippen molar-refractivity contribution in [2.45, 2.75) is 26.8 Å². The number of esters is 1. The summed E-state index contributed by atoms with van der Waals surface area (Å²) in [6, 6.07) is 5.78. The molecule has 1 heterocycles. The zero-order valence-electron chi connectivity index (χ0n) is 14.0. The number of hydrogen-bond acceptors (Lipinski definition) is 6. The van der Waals surface area contributed by atoms with Crippen molar-refractivity contribution in [1.29, 1.82) is 0 Å². The Kier molecular flexibility index (Phi) is 5.93. The summed E-state index contributed by atoms with van der Waals surface area (Å²) in [7, 11) is 1.43. The summed E-state index contributed by atoms with van der Waals surface area (Å²) in [5.41, 5.74) is 0.401. The van der Waals surface area contributed by atoms with Gasteiger partial charge in [-0.15, -0.1) is 5.10 Å². The molecule has 0 unspecified atom stereocenters. The van der Waals surface area contributed by atoms with E-state index in [1.807, 2.05) is 0 Å². The van der Waals surface area contributed by atoms with E-state index in [4.69, 9.17) is 21.1 Å². The molecule has 0 amide bonds. The molecule has 0 aliphatic rings. The summed E-state index contributed by atoms with van der Waals surface area (Å²) in [5.74, 6) is -0.600. The molecule has 0 atom stereocenters. The number of aromatic nitrogens is 2. The molecule has 0 aliphatic heterocycles. The van der Waals surface area contributed by atoms with Crippen LogP contribution in [0.2, 0.25) is 5.02 Å². The number of Topliss-reactive ketones (excluding diaryl/α,β-unsaturated/α-hetero) is 1. The molecule has 2 aromatic rings. The van der Waals surface area contributed by atoms with E-state index in [1.165, 1.54) is 26.2 Å². The van der Waals surface area contributed by atoms with Crippen LogP contribution in [0.25, 0.3) is 0 Å². The highest BCUT2D eigenvalue weighted by molar-refractivity contribution is 6.34. The fraction of sp³-hybridized carbons (Fsp3) is 0.294. The van der Waals surface area contributed by atoms with Crippen LogP contribution in [-0.4, -0.2) is 28.6 Å². The second kappa shape index (κ2) is 7.94. The third-order valence-electron chi connectivity index (χ3n) is 3.43. The van der Waals surface area contributed by atoms with E-state index in [0.717, 1.165) is 10.2 Å². The highest BCUT2D eigenvalue weighted by Gasteiger charge is 2.21. The molecule has 0 bridgehead atoms. The Morgan fingerprint density at radius 3 is 2.60 bits per heavy atom. The molecular formula is C17H17ClN2O5. The third-order valence-corrected chi connectivity index (χ3v) is 3.74. The van der Waals surface area contributed by atoms with Gasteiger partial charge in [-0.1, -0.05) is 17.7 Å². The zero-order chi connectivity index (χ0) is 18.6. The van der Waals surface area contributed by atoms with Crippen molar-refractivity contribution in [3.63, 3.8) is 0 Å². The molecular weight excluding hydrogens is 348 g/mol. The Balaban J connectivity index is 2.30. The van der Waals surface area contributed by atoms with Gasteiger partial charge in [0, 0.05) is 18.6 Å². The molecule has 7 nitrogen and oxygen atoms in total. The standard InChI is InChI=1S/C17H17ClN2O5/c1-10-4-5-12(18)15(16(10)24-3)17(23)25-13-6-7-14(22)20(19-13)9-8-11(2)21/h4-7H,8-9H2,1-3H3. The molecule has 0 saturated carbocycles. The first-order chi connectivity index (χ1) is 11.8. The molecule has 132 valence electrons. The average molecular weight is 365 g/mol. The van der Waals surface area contributed by atoms with E-state index >= 15 is 0 Å². The van der Waals surface area contributed by atoms with E-state index in [-0.39, 0.29) is 35.2 Å². The van der Waals surface area contributed by atoms with Crippen LogP contribution in [0.3, 0.4) is 0 Å².